The van der Waals surface area contributed by atoms with Crippen molar-refractivity contribution in [3.05, 3.63) is 28.2 Å². The second-order valence-corrected chi connectivity index (χ2v) is 6.90. The molecule has 0 bridgehead atoms. The van der Waals surface area contributed by atoms with Crippen molar-refractivity contribution in [2.45, 2.75) is 35.5 Å². The molecule has 1 aromatic heterocycles. The maximum absolute atomic E-state index is 13.3. The summed E-state index contributed by atoms with van der Waals surface area (Å²) in [5, 5.41) is 10.6. The average Bonchev–Trinajstić information content (AvgIpc) is 2.81. The van der Waals surface area contributed by atoms with Crippen LogP contribution in [0.2, 0.25) is 0 Å². The number of aromatic nitrogens is 1. The Bertz CT molecular complexity index is 697. The van der Waals surface area contributed by atoms with Crippen LogP contribution in [0.25, 0.3) is 0 Å². The van der Waals surface area contributed by atoms with Crippen LogP contribution < -0.4 is 10.9 Å². The largest absolute Gasteiger partial charge is 0.324 e. The normalized spacial score (nSPS) is 23.7. The Labute approximate surface area is 138 Å². The molecular formula is C13H11ClF3N3O2S. The summed E-state index contributed by atoms with van der Waals surface area (Å²) < 4.78 is 38.1. The zero-order valence-electron chi connectivity index (χ0n) is 11.5. The highest BCUT2D eigenvalue weighted by atomic mass is 35.5. The number of halogens is 4. The highest BCUT2D eigenvalue weighted by Crippen LogP contribution is 2.38. The minimum absolute atomic E-state index is 0.0147. The third kappa shape index (κ3) is 4.20. The molecule has 0 aliphatic carbocycles. The van der Waals surface area contributed by atoms with Gasteiger partial charge in [0.2, 0.25) is 5.91 Å². The van der Waals surface area contributed by atoms with E-state index in [1.54, 1.807) is 6.07 Å². The number of carbonyl (C=O) groups excluding carboxylic acids is 1. The first-order valence-corrected chi connectivity index (χ1v) is 7.87. The summed E-state index contributed by atoms with van der Waals surface area (Å²) in [5.41, 5.74) is -1.23. The Hall–Kier alpha value is -1.66. The predicted octanol–water partition coefficient (Wildman–Crippen LogP) is 2.33. The first-order chi connectivity index (χ1) is 10.8. The number of hydrogen-bond acceptors (Lipinski definition) is 4. The molecule has 0 aromatic carbocycles. The number of hydrogen-bond donors (Lipinski definition) is 1. The molecule has 124 valence electrons. The fourth-order valence-corrected chi connectivity index (χ4v) is 3.62. The topological polar surface area (TPSA) is 74.9 Å². The molecule has 0 radical (unpaired) electrons. The van der Waals surface area contributed by atoms with Gasteiger partial charge in [0.25, 0.3) is 12.0 Å². The van der Waals surface area contributed by atoms with E-state index in [2.05, 4.69) is 5.32 Å². The zero-order chi connectivity index (χ0) is 17.1. The van der Waals surface area contributed by atoms with Crippen molar-refractivity contribution >= 4 is 35.0 Å². The Kier molecular flexibility index (Phi) is 5.59. The van der Waals surface area contributed by atoms with Gasteiger partial charge in [-0.15, -0.1) is 23.4 Å². The van der Waals surface area contributed by atoms with Gasteiger partial charge in [-0.3, -0.25) is 9.59 Å². The van der Waals surface area contributed by atoms with Gasteiger partial charge in [-0.2, -0.15) is 5.26 Å². The number of carbonyl (C=O) groups is 1. The van der Waals surface area contributed by atoms with Crippen molar-refractivity contribution in [3.63, 3.8) is 0 Å². The van der Waals surface area contributed by atoms with E-state index in [1.807, 2.05) is 0 Å². The van der Waals surface area contributed by atoms with Gasteiger partial charge in [-0.05, 0) is 6.07 Å². The summed E-state index contributed by atoms with van der Waals surface area (Å²) >= 11 is 6.65. The minimum atomic E-state index is -2.79. The van der Waals surface area contributed by atoms with E-state index in [9.17, 15) is 22.8 Å². The van der Waals surface area contributed by atoms with Gasteiger partial charge in [0, 0.05) is 12.6 Å². The minimum Gasteiger partial charge on any atom is -0.324 e. The molecule has 1 aliphatic rings. The molecular weight excluding hydrogens is 355 g/mol. The summed E-state index contributed by atoms with van der Waals surface area (Å²) in [5.74, 6) is -0.563. The Balaban J connectivity index is 2.21. The highest BCUT2D eigenvalue weighted by molar-refractivity contribution is 8.02. The molecule has 10 heteroatoms. The lowest BCUT2D eigenvalue weighted by molar-refractivity contribution is -0.115. The third-order valence-corrected chi connectivity index (χ3v) is 4.99. The SMILES string of the molecule is N#Cc1cc(NC(=O)C2CC(F)C(Cl)S2)cn(CC(F)F)c1=O. The van der Waals surface area contributed by atoms with Crippen LogP contribution in [0.15, 0.2) is 17.1 Å². The maximum Gasteiger partial charge on any atom is 0.268 e. The van der Waals surface area contributed by atoms with E-state index in [1.165, 1.54) is 0 Å². The van der Waals surface area contributed by atoms with Crippen LogP contribution in [0.4, 0.5) is 18.9 Å². The van der Waals surface area contributed by atoms with Crippen molar-refractivity contribution in [1.82, 2.24) is 4.57 Å². The molecule has 5 nitrogen and oxygen atoms in total. The van der Waals surface area contributed by atoms with Crippen LogP contribution >= 0.6 is 23.4 Å². The predicted molar refractivity (Wildman–Crippen MR) is 80.6 cm³/mol. The number of amides is 1. The van der Waals surface area contributed by atoms with Crippen molar-refractivity contribution in [3.8, 4) is 6.07 Å². The number of nitrogens with one attached hydrogen (secondary N) is 1. The smallest absolute Gasteiger partial charge is 0.268 e. The standard InChI is InChI=1S/C13H11ClF3N3O2S/c14-11-8(15)2-9(23-11)12(21)19-7-1-6(3-18)13(22)20(4-7)5-10(16)17/h1,4,8-11H,2,5H2,(H,19,21). The first-order valence-electron chi connectivity index (χ1n) is 6.49. The molecule has 1 amide bonds. The second-order valence-electron chi connectivity index (χ2n) is 4.82. The summed E-state index contributed by atoms with van der Waals surface area (Å²) in [7, 11) is 0. The van der Waals surface area contributed by atoms with E-state index in [-0.39, 0.29) is 17.7 Å². The fraction of sp³-hybridized carbons (Fsp3) is 0.462. The number of anilines is 1. The van der Waals surface area contributed by atoms with E-state index in [0.717, 1.165) is 24.0 Å². The monoisotopic (exact) mass is 365 g/mol. The van der Waals surface area contributed by atoms with Gasteiger partial charge in [0.1, 0.15) is 22.5 Å². The third-order valence-electron chi connectivity index (χ3n) is 3.12. The molecule has 23 heavy (non-hydrogen) atoms. The average molecular weight is 366 g/mol. The second kappa shape index (κ2) is 7.27. The zero-order valence-corrected chi connectivity index (χ0v) is 13.1. The fourth-order valence-electron chi connectivity index (χ4n) is 2.07. The van der Waals surface area contributed by atoms with Gasteiger partial charge < -0.3 is 9.88 Å². The summed E-state index contributed by atoms with van der Waals surface area (Å²) in [6.45, 7) is -0.897. The maximum atomic E-state index is 13.3. The summed E-state index contributed by atoms with van der Waals surface area (Å²) in [4.78, 5) is 23.8. The van der Waals surface area contributed by atoms with Gasteiger partial charge >= 0.3 is 0 Å². The molecule has 3 atom stereocenters. The molecule has 1 aliphatic heterocycles. The van der Waals surface area contributed by atoms with Crippen molar-refractivity contribution in [2.75, 3.05) is 5.32 Å². The number of nitriles is 1. The molecule has 3 unspecified atom stereocenters. The van der Waals surface area contributed by atoms with Crippen LogP contribution in [0.3, 0.4) is 0 Å². The molecule has 0 saturated carbocycles. The van der Waals surface area contributed by atoms with Crippen LogP contribution in [-0.2, 0) is 11.3 Å². The van der Waals surface area contributed by atoms with Gasteiger partial charge in [-0.25, -0.2) is 13.2 Å². The van der Waals surface area contributed by atoms with Gasteiger partial charge in [0.05, 0.1) is 17.5 Å². The molecule has 1 fully saturated rings. The molecule has 1 N–H and O–H groups in total. The summed E-state index contributed by atoms with van der Waals surface area (Å²) in [6, 6.07) is 2.68. The quantitative estimate of drug-likeness (QED) is 0.831. The Morgan fingerprint density at radius 2 is 2.30 bits per heavy atom. The van der Waals surface area contributed by atoms with E-state index >= 15 is 0 Å². The summed E-state index contributed by atoms with van der Waals surface area (Å²) in [6.07, 6.45) is -3.15. The Morgan fingerprint density at radius 1 is 1.61 bits per heavy atom. The molecule has 1 saturated heterocycles. The molecule has 2 heterocycles. The van der Waals surface area contributed by atoms with Gasteiger partial charge in [0.15, 0.2) is 0 Å². The van der Waals surface area contributed by atoms with Gasteiger partial charge in [-0.1, -0.05) is 0 Å². The number of thioether (sulfide) groups is 1. The number of nitrogens with zero attached hydrogens (tertiary/aromatic N) is 2. The van der Waals surface area contributed by atoms with Crippen LogP contribution in [0.5, 0.6) is 0 Å². The van der Waals surface area contributed by atoms with Crippen LogP contribution in [-0.4, -0.2) is 33.0 Å². The molecule has 2 rings (SSSR count). The van der Waals surface area contributed by atoms with Crippen LogP contribution in [0, 0.1) is 11.3 Å². The number of rotatable bonds is 4. The molecule has 1 aromatic rings. The number of alkyl halides is 4. The lowest BCUT2D eigenvalue weighted by Crippen LogP contribution is -2.28. The van der Waals surface area contributed by atoms with Crippen molar-refractivity contribution in [2.24, 2.45) is 0 Å². The van der Waals surface area contributed by atoms with Crippen molar-refractivity contribution < 1.29 is 18.0 Å². The number of pyridine rings is 1. The molecule has 0 spiro atoms. The van der Waals surface area contributed by atoms with E-state index < -0.39 is 40.6 Å². The highest BCUT2D eigenvalue weighted by Gasteiger charge is 2.37. The Morgan fingerprint density at radius 3 is 2.83 bits per heavy atom. The van der Waals surface area contributed by atoms with E-state index in [0.29, 0.717) is 4.57 Å². The lowest BCUT2D eigenvalue weighted by Gasteiger charge is -2.12. The first kappa shape index (κ1) is 17.7. The van der Waals surface area contributed by atoms with Crippen LogP contribution in [0.1, 0.15) is 12.0 Å². The lowest BCUT2D eigenvalue weighted by atomic mass is 10.2. The van der Waals surface area contributed by atoms with E-state index in [4.69, 9.17) is 16.9 Å². The van der Waals surface area contributed by atoms with Crippen molar-refractivity contribution in [1.29, 1.82) is 5.26 Å².